The molecule has 3 aromatic rings. The highest BCUT2D eigenvalue weighted by Crippen LogP contribution is 2.36. The summed E-state index contributed by atoms with van der Waals surface area (Å²) in [6.07, 6.45) is 2.49. The van der Waals surface area contributed by atoms with Gasteiger partial charge in [-0.25, -0.2) is 8.42 Å². The molecule has 3 aromatic carbocycles. The van der Waals surface area contributed by atoms with E-state index in [-0.39, 0.29) is 16.3 Å². The van der Waals surface area contributed by atoms with E-state index in [0.29, 0.717) is 18.9 Å². The number of hydrogen-bond donors (Lipinski definition) is 0. The maximum Gasteiger partial charge on any atom is 0.283 e. The van der Waals surface area contributed by atoms with Crippen LogP contribution >= 0.6 is 0 Å². The Balaban J connectivity index is 1.60. The highest BCUT2D eigenvalue weighted by atomic mass is 32.2. The van der Waals surface area contributed by atoms with E-state index in [4.69, 9.17) is 0 Å². The molecule has 0 saturated carbocycles. The van der Waals surface area contributed by atoms with E-state index >= 15 is 0 Å². The summed E-state index contributed by atoms with van der Waals surface area (Å²) in [6.45, 7) is 4.45. The van der Waals surface area contributed by atoms with Crippen LogP contribution in [-0.4, -0.2) is 69.5 Å². The maximum absolute atomic E-state index is 13.8. The van der Waals surface area contributed by atoms with Crippen LogP contribution in [0.5, 0.6) is 0 Å². The lowest BCUT2D eigenvalue weighted by atomic mass is 10.1. The van der Waals surface area contributed by atoms with Gasteiger partial charge < -0.3 is 4.90 Å². The Morgan fingerprint density at radius 2 is 1.36 bits per heavy atom. The van der Waals surface area contributed by atoms with Crippen LogP contribution in [0.25, 0.3) is 0 Å². The number of amidine groups is 1. The van der Waals surface area contributed by atoms with Crippen LogP contribution in [0.2, 0.25) is 0 Å². The van der Waals surface area contributed by atoms with Gasteiger partial charge >= 0.3 is 0 Å². The van der Waals surface area contributed by atoms with Gasteiger partial charge in [-0.2, -0.15) is 12.7 Å². The van der Waals surface area contributed by atoms with Crippen LogP contribution in [0.4, 0.5) is 0 Å². The monoisotopic (exact) mass is 566 g/mol. The van der Waals surface area contributed by atoms with Crippen molar-refractivity contribution in [3.8, 4) is 0 Å². The first-order valence-electron chi connectivity index (χ1n) is 13.3. The Labute approximate surface area is 231 Å². The molecule has 2 aliphatic heterocycles. The van der Waals surface area contributed by atoms with Gasteiger partial charge in [-0.1, -0.05) is 72.6 Å². The van der Waals surface area contributed by atoms with Gasteiger partial charge in [-0.3, -0.25) is 4.90 Å². The first-order valence-corrected chi connectivity index (χ1v) is 16.1. The van der Waals surface area contributed by atoms with E-state index in [1.807, 2.05) is 42.2 Å². The third kappa shape index (κ3) is 6.09. The first-order chi connectivity index (χ1) is 18.8. The molecule has 8 nitrogen and oxygen atoms in total. The molecule has 0 unspecified atom stereocenters. The Kier molecular flexibility index (Phi) is 8.18. The second kappa shape index (κ2) is 11.6. The number of aryl methyl sites for hydroxylation is 1. The number of hydrogen-bond acceptors (Lipinski definition) is 5. The summed E-state index contributed by atoms with van der Waals surface area (Å²) in [5.74, 6) is 0.358. The second-order valence-electron chi connectivity index (χ2n) is 10.0. The molecule has 206 valence electrons. The number of likely N-dealkylation sites (tertiary alicyclic amines) is 1. The van der Waals surface area contributed by atoms with Crippen LogP contribution in [0.3, 0.4) is 0 Å². The molecule has 2 heterocycles. The van der Waals surface area contributed by atoms with Crippen molar-refractivity contribution in [1.82, 2.24) is 14.1 Å². The molecule has 0 N–H and O–H groups in total. The van der Waals surface area contributed by atoms with Crippen molar-refractivity contribution < 1.29 is 16.8 Å². The smallest absolute Gasteiger partial charge is 0.283 e. The number of piperidine rings is 1. The van der Waals surface area contributed by atoms with Gasteiger partial charge in [-0.05, 0) is 62.7 Å². The lowest BCUT2D eigenvalue weighted by molar-refractivity contribution is 0.235. The molecule has 0 radical (unpaired) electrons. The molecular formula is C29H34N4O4S2. The zero-order valence-corrected chi connectivity index (χ0v) is 23.7. The van der Waals surface area contributed by atoms with E-state index in [9.17, 15) is 16.8 Å². The molecule has 10 heteroatoms. The predicted octanol–water partition coefficient (Wildman–Crippen LogP) is 4.27. The van der Waals surface area contributed by atoms with Crippen molar-refractivity contribution in [3.63, 3.8) is 0 Å². The lowest BCUT2D eigenvalue weighted by Crippen LogP contribution is -2.44. The van der Waals surface area contributed by atoms with E-state index in [1.165, 1.54) is 4.31 Å². The fourth-order valence-electron chi connectivity index (χ4n) is 5.22. The zero-order chi connectivity index (χ0) is 27.5. The standard InChI is InChI=1S/C29H34N4O4S2/c1-24-15-17-26(18-16-24)38(34,35)30-28(23-31-19-9-4-10-20-31)32-21-22-33(29(32)25-11-5-2-6-12-25)39(36,37)27-13-7-3-8-14-27/h2-3,5-8,11-18,29H,4,9-10,19-23H2,1H3/t29-/m1/s1. The number of sulfonamides is 2. The average molecular weight is 567 g/mol. The molecule has 1 atom stereocenters. The fourth-order valence-corrected chi connectivity index (χ4v) is 7.84. The zero-order valence-electron chi connectivity index (χ0n) is 22.1. The summed E-state index contributed by atoms with van der Waals surface area (Å²) < 4.78 is 60.6. The largest absolute Gasteiger partial charge is 0.336 e. The summed E-state index contributed by atoms with van der Waals surface area (Å²) in [5.41, 5.74) is 1.71. The lowest BCUT2D eigenvalue weighted by Gasteiger charge is -2.35. The van der Waals surface area contributed by atoms with E-state index < -0.39 is 26.2 Å². The highest BCUT2D eigenvalue weighted by Gasteiger charge is 2.43. The summed E-state index contributed by atoms with van der Waals surface area (Å²) in [7, 11) is -7.89. The van der Waals surface area contributed by atoms with Gasteiger partial charge in [-0.15, -0.1) is 4.40 Å². The number of rotatable bonds is 7. The topological polar surface area (TPSA) is 90.4 Å². The van der Waals surface area contributed by atoms with Crippen molar-refractivity contribution in [1.29, 1.82) is 0 Å². The van der Waals surface area contributed by atoms with E-state index in [0.717, 1.165) is 43.5 Å². The minimum absolute atomic E-state index is 0.119. The van der Waals surface area contributed by atoms with Crippen molar-refractivity contribution in [3.05, 3.63) is 96.1 Å². The molecule has 2 aliphatic rings. The SMILES string of the molecule is Cc1ccc(S(=O)(=O)N=C(CN2CCCCC2)N2CCN(S(=O)(=O)c3ccccc3)[C@@H]2c2ccccc2)cc1. The summed E-state index contributed by atoms with van der Waals surface area (Å²) in [4.78, 5) is 4.39. The minimum Gasteiger partial charge on any atom is -0.336 e. The van der Waals surface area contributed by atoms with Crippen molar-refractivity contribution >= 4 is 25.9 Å². The van der Waals surface area contributed by atoms with Gasteiger partial charge in [0.05, 0.1) is 16.3 Å². The molecule has 5 rings (SSSR count). The summed E-state index contributed by atoms with van der Waals surface area (Å²) >= 11 is 0. The third-order valence-electron chi connectivity index (χ3n) is 7.27. The van der Waals surface area contributed by atoms with E-state index in [2.05, 4.69) is 9.30 Å². The second-order valence-corrected chi connectivity index (χ2v) is 13.5. The maximum atomic E-state index is 13.8. The van der Waals surface area contributed by atoms with Crippen molar-refractivity contribution in [2.24, 2.45) is 4.40 Å². The molecule has 2 saturated heterocycles. The molecule has 0 spiro atoms. The van der Waals surface area contributed by atoms with Crippen LogP contribution < -0.4 is 0 Å². The molecule has 0 bridgehead atoms. The molecule has 39 heavy (non-hydrogen) atoms. The summed E-state index contributed by atoms with van der Waals surface area (Å²) in [6, 6.07) is 24.4. The highest BCUT2D eigenvalue weighted by molar-refractivity contribution is 7.90. The van der Waals surface area contributed by atoms with Crippen LogP contribution in [0.1, 0.15) is 36.6 Å². The molecule has 0 amide bonds. The van der Waals surface area contributed by atoms with Gasteiger partial charge in [0.1, 0.15) is 12.0 Å². The number of nitrogens with zero attached hydrogens (tertiary/aromatic N) is 4. The quantitative estimate of drug-likeness (QED) is 0.313. The third-order valence-corrected chi connectivity index (χ3v) is 10.5. The average Bonchev–Trinajstić information content (AvgIpc) is 3.41. The summed E-state index contributed by atoms with van der Waals surface area (Å²) in [5, 5.41) is 0. The van der Waals surface area contributed by atoms with Crippen LogP contribution in [0.15, 0.2) is 99.1 Å². The van der Waals surface area contributed by atoms with Gasteiger partial charge in [0.15, 0.2) is 0 Å². The Morgan fingerprint density at radius 1 is 0.744 bits per heavy atom. The van der Waals surface area contributed by atoms with Crippen LogP contribution in [-0.2, 0) is 20.0 Å². The van der Waals surface area contributed by atoms with Gasteiger partial charge in [0, 0.05) is 13.1 Å². The molecule has 0 aliphatic carbocycles. The van der Waals surface area contributed by atoms with E-state index in [1.54, 1.807) is 54.6 Å². The number of benzene rings is 3. The van der Waals surface area contributed by atoms with Gasteiger partial charge in [0.25, 0.3) is 10.0 Å². The van der Waals surface area contributed by atoms with Gasteiger partial charge in [0.2, 0.25) is 10.0 Å². The van der Waals surface area contributed by atoms with Crippen LogP contribution in [0, 0.1) is 6.92 Å². The normalized spacial score (nSPS) is 19.9. The Bertz CT molecular complexity index is 1500. The minimum atomic E-state index is -4.02. The molecule has 0 aromatic heterocycles. The Hall–Kier alpha value is -3.05. The van der Waals surface area contributed by atoms with Crippen molar-refractivity contribution in [2.45, 2.75) is 42.1 Å². The molecular weight excluding hydrogens is 532 g/mol. The first kappa shape index (κ1) is 27.5. The molecule has 2 fully saturated rings. The Morgan fingerprint density at radius 3 is 2.00 bits per heavy atom. The van der Waals surface area contributed by atoms with Crippen molar-refractivity contribution in [2.75, 3.05) is 32.7 Å². The fraction of sp³-hybridized carbons (Fsp3) is 0.345. The predicted molar refractivity (Wildman–Crippen MR) is 152 cm³/mol.